The maximum absolute atomic E-state index is 11.6. The first-order valence-corrected chi connectivity index (χ1v) is 6.97. The Balaban J connectivity index is 2.07. The van der Waals surface area contributed by atoms with Crippen LogP contribution in [0.1, 0.15) is 15.9 Å². The molecule has 0 saturated carbocycles. The van der Waals surface area contributed by atoms with Crippen molar-refractivity contribution in [2.75, 3.05) is 24.7 Å². The molecule has 23 heavy (non-hydrogen) atoms. The Kier molecular flexibility index (Phi) is 5.14. The van der Waals surface area contributed by atoms with Gasteiger partial charge in [-0.1, -0.05) is 12.1 Å². The van der Waals surface area contributed by atoms with Crippen LogP contribution in [0.3, 0.4) is 0 Å². The largest absolute Gasteiger partial charge is 0.478 e. The molecular formula is C16H18N4O3. The van der Waals surface area contributed by atoms with Crippen molar-refractivity contribution in [2.45, 2.75) is 6.54 Å². The van der Waals surface area contributed by atoms with Crippen molar-refractivity contribution < 1.29 is 14.7 Å². The highest BCUT2D eigenvalue weighted by Gasteiger charge is 2.09. The summed E-state index contributed by atoms with van der Waals surface area (Å²) in [5, 5.41) is 14.9. The molecule has 0 aliphatic rings. The molecule has 3 N–H and O–H groups in total. The molecule has 0 aliphatic carbocycles. The number of carboxylic acids is 1. The van der Waals surface area contributed by atoms with Crippen LogP contribution in [-0.2, 0) is 6.54 Å². The van der Waals surface area contributed by atoms with Gasteiger partial charge >= 0.3 is 12.0 Å². The Hall–Kier alpha value is -3.09. The highest BCUT2D eigenvalue weighted by molar-refractivity contribution is 5.94. The molecule has 7 nitrogen and oxygen atoms in total. The smallest absolute Gasteiger partial charge is 0.337 e. The number of hydrogen-bond acceptors (Lipinski definition) is 4. The SMILES string of the molecule is CN(C)C(=O)Nc1cc(CNc2ccccc2C(=O)O)ccn1. The van der Waals surface area contributed by atoms with E-state index in [0.29, 0.717) is 18.1 Å². The molecular weight excluding hydrogens is 296 g/mol. The molecule has 2 rings (SSSR count). The zero-order chi connectivity index (χ0) is 16.8. The maximum Gasteiger partial charge on any atom is 0.337 e. The summed E-state index contributed by atoms with van der Waals surface area (Å²) in [6, 6.07) is 9.96. The third kappa shape index (κ3) is 4.44. The zero-order valence-corrected chi connectivity index (χ0v) is 12.9. The second kappa shape index (κ2) is 7.26. The fraction of sp³-hybridized carbons (Fsp3) is 0.188. The van der Waals surface area contributed by atoms with Gasteiger partial charge in [0, 0.05) is 32.5 Å². The quantitative estimate of drug-likeness (QED) is 0.788. The monoisotopic (exact) mass is 314 g/mol. The fourth-order valence-electron chi connectivity index (χ4n) is 1.90. The van der Waals surface area contributed by atoms with E-state index in [-0.39, 0.29) is 11.6 Å². The normalized spacial score (nSPS) is 10.0. The number of amides is 2. The minimum absolute atomic E-state index is 0.211. The molecule has 7 heteroatoms. The first-order valence-electron chi connectivity index (χ1n) is 6.97. The second-order valence-corrected chi connectivity index (χ2v) is 5.08. The van der Waals surface area contributed by atoms with Crippen LogP contribution in [0.25, 0.3) is 0 Å². The summed E-state index contributed by atoms with van der Waals surface area (Å²) in [6.07, 6.45) is 1.59. The molecule has 2 amide bonds. The third-order valence-electron chi connectivity index (χ3n) is 3.11. The number of nitrogens with zero attached hydrogens (tertiary/aromatic N) is 2. The summed E-state index contributed by atoms with van der Waals surface area (Å²) in [6.45, 7) is 0.414. The van der Waals surface area contributed by atoms with Gasteiger partial charge in [-0.25, -0.2) is 14.6 Å². The van der Waals surface area contributed by atoms with Crippen LogP contribution in [-0.4, -0.2) is 41.1 Å². The molecule has 0 bridgehead atoms. The molecule has 2 aromatic rings. The van der Waals surface area contributed by atoms with Crippen molar-refractivity contribution in [3.05, 3.63) is 53.7 Å². The number of carboxylic acid groups (broad SMARTS) is 1. The summed E-state index contributed by atoms with van der Waals surface area (Å²) in [5.74, 6) is -0.545. The average Bonchev–Trinajstić information content (AvgIpc) is 2.53. The van der Waals surface area contributed by atoms with Gasteiger partial charge in [0.15, 0.2) is 0 Å². The number of nitrogens with one attached hydrogen (secondary N) is 2. The topological polar surface area (TPSA) is 94.6 Å². The summed E-state index contributed by atoms with van der Waals surface area (Å²) in [5.41, 5.74) is 1.62. The van der Waals surface area contributed by atoms with E-state index in [1.54, 1.807) is 56.7 Å². The highest BCUT2D eigenvalue weighted by atomic mass is 16.4. The van der Waals surface area contributed by atoms with Crippen LogP contribution in [0.2, 0.25) is 0 Å². The number of para-hydroxylation sites is 1. The van der Waals surface area contributed by atoms with Gasteiger partial charge in [-0.3, -0.25) is 5.32 Å². The van der Waals surface area contributed by atoms with Gasteiger partial charge < -0.3 is 15.3 Å². The van der Waals surface area contributed by atoms with Gasteiger partial charge in [0.25, 0.3) is 0 Å². The maximum atomic E-state index is 11.6. The van der Waals surface area contributed by atoms with Crippen molar-refractivity contribution >= 4 is 23.5 Å². The van der Waals surface area contributed by atoms with Gasteiger partial charge in [0.2, 0.25) is 0 Å². The number of pyridine rings is 1. The Labute approximate surface area is 134 Å². The fourth-order valence-corrected chi connectivity index (χ4v) is 1.90. The standard InChI is InChI=1S/C16H18N4O3/c1-20(2)16(23)19-14-9-11(7-8-17-14)10-18-13-6-4-3-5-12(13)15(21)22/h3-9,18H,10H2,1-2H3,(H,21,22)(H,17,19,23). The minimum Gasteiger partial charge on any atom is -0.478 e. The Morgan fingerprint density at radius 1 is 1.22 bits per heavy atom. The Bertz CT molecular complexity index is 716. The first kappa shape index (κ1) is 16.3. The highest BCUT2D eigenvalue weighted by Crippen LogP contribution is 2.16. The number of aromatic carboxylic acids is 1. The Morgan fingerprint density at radius 3 is 2.65 bits per heavy atom. The van der Waals surface area contributed by atoms with Crippen LogP contribution in [0.5, 0.6) is 0 Å². The molecule has 0 unspecified atom stereocenters. The molecule has 0 spiro atoms. The molecule has 0 saturated heterocycles. The molecule has 1 aromatic heterocycles. The summed E-state index contributed by atoms with van der Waals surface area (Å²) < 4.78 is 0. The number of benzene rings is 1. The van der Waals surface area contributed by atoms with Gasteiger partial charge in [0.05, 0.1) is 5.56 Å². The van der Waals surface area contributed by atoms with Crippen LogP contribution in [0, 0.1) is 0 Å². The van der Waals surface area contributed by atoms with E-state index in [9.17, 15) is 9.59 Å². The molecule has 0 radical (unpaired) electrons. The lowest BCUT2D eigenvalue weighted by molar-refractivity contribution is 0.0698. The van der Waals surface area contributed by atoms with E-state index in [1.807, 2.05) is 0 Å². The molecule has 0 fully saturated rings. The molecule has 120 valence electrons. The lowest BCUT2D eigenvalue weighted by Gasteiger charge is -2.13. The van der Waals surface area contributed by atoms with Crippen molar-refractivity contribution in [3.63, 3.8) is 0 Å². The zero-order valence-electron chi connectivity index (χ0n) is 12.9. The average molecular weight is 314 g/mol. The van der Waals surface area contributed by atoms with Crippen LogP contribution in [0.15, 0.2) is 42.6 Å². The van der Waals surface area contributed by atoms with Crippen LogP contribution < -0.4 is 10.6 Å². The lowest BCUT2D eigenvalue weighted by atomic mass is 10.1. The van der Waals surface area contributed by atoms with E-state index in [0.717, 1.165) is 5.56 Å². The van der Waals surface area contributed by atoms with E-state index in [1.165, 1.54) is 4.90 Å². The number of urea groups is 1. The summed E-state index contributed by atoms with van der Waals surface area (Å²) in [7, 11) is 3.28. The van der Waals surface area contributed by atoms with Gasteiger partial charge in [-0.2, -0.15) is 0 Å². The van der Waals surface area contributed by atoms with Crippen molar-refractivity contribution in [2.24, 2.45) is 0 Å². The summed E-state index contributed by atoms with van der Waals surface area (Å²) >= 11 is 0. The van der Waals surface area contributed by atoms with Crippen LogP contribution in [0.4, 0.5) is 16.3 Å². The van der Waals surface area contributed by atoms with Crippen molar-refractivity contribution in [1.29, 1.82) is 0 Å². The third-order valence-corrected chi connectivity index (χ3v) is 3.11. The van der Waals surface area contributed by atoms with Crippen LogP contribution >= 0.6 is 0 Å². The van der Waals surface area contributed by atoms with Crippen molar-refractivity contribution in [1.82, 2.24) is 9.88 Å². The first-order chi connectivity index (χ1) is 11.0. The van der Waals surface area contributed by atoms with E-state index in [4.69, 9.17) is 5.11 Å². The number of hydrogen-bond donors (Lipinski definition) is 3. The minimum atomic E-state index is -0.984. The van der Waals surface area contributed by atoms with Gasteiger partial charge in [-0.15, -0.1) is 0 Å². The lowest BCUT2D eigenvalue weighted by Crippen LogP contribution is -2.27. The van der Waals surface area contributed by atoms with E-state index >= 15 is 0 Å². The molecule has 1 aromatic carbocycles. The molecule has 0 atom stereocenters. The number of anilines is 2. The summed E-state index contributed by atoms with van der Waals surface area (Å²) in [4.78, 5) is 28.3. The van der Waals surface area contributed by atoms with Gasteiger partial charge in [0.1, 0.15) is 5.82 Å². The molecule has 1 heterocycles. The predicted octanol–water partition coefficient (Wildman–Crippen LogP) is 2.49. The Morgan fingerprint density at radius 2 is 1.96 bits per heavy atom. The second-order valence-electron chi connectivity index (χ2n) is 5.08. The number of aromatic nitrogens is 1. The number of carbonyl (C=O) groups excluding carboxylic acids is 1. The van der Waals surface area contributed by atoms with Gasteiger partial charge in [-0.05, 0) is 29.8 Å². The van der Waals surface area contributed by atoms with Crippen molar-refractivity contribution in [3.8, 4) is 0 Å². The van der Waals surface area contributed by atoms with E-state index < -0.39 is 5.97 Å². The number of carbonyl (C=O) groups is 2. The predicted molar refractivity (Wildman–Crippen MR) is 87.7 cm³/mol. The van der Waals surface area contributed by atoms with E-state index in [2.05, 4.69) is 15.6 Å². The molecule has 0 aliphatic heterocycles. The number of rotatable bonds is 5.